The lowest BCUT2D eigenvalue weighted by atomic mass is 10.1. The first kappa shape index (κ1) is 18.6. The maximum Gasteiger partial charge on any atom is 0.426 e. The van der Waals surface area contributed by atoms with Crippen LogP contribution in [0.1, 0.15) is 6.92 Å². The van der Waals surface area contributed by atoms with Gasteiger partial charge in [-0.2, -0.15) is 13.2 Å². The van der Waals surface area contributed by atoms with Crippen molar-refractivity contribution >= 4 is 35.0 Å². The number of anilines is 1. The van der Waals surface area contributed by atoms with E-state index in [1.165, 1.54) is 23.9 Å². The molecular weight excluding hydrogens is 367 g/mol. The van der Waals surface area contributed by atoms with E-state index in [0.717, 1.165) is 0 Å². The van der Waals surface area contributed by atoms with Gasteiger partial charge in [0.05, 0.1) is 10.7 Å². The van der Waals surface area contributed by atoms with Crippen molar-refractivity contribution in [1.82, 2.24) is 9.55 Å². The van der Waals surface area contributed by atoms with Gasteiger partial charge in [0, 0.05) is 24.3 Å². The van der Waals surface area contributed by atoms with E-state index < -0.39 is 17.7 Å². The van der Waals surface area contributed by atoms with Gasteiger partial charge in [0.1, 0.15) is 0 Å². The van der Waals surface area contributed by atoms with Crippen LogP contribution in [-0.2, 0) is 11.8 Å². The number of alkyl halides is 3. The SMILES string of the molecule is Cn1ccnc1Sc1ccc(NC(=O)C(C)(O)C(F)(F)F)c(Cl)c1. The molecule has 2 aromatic rings. The van der Waals surface area contributed by atoms with Gasteiger partial charge in [-0.25, -0.2) is 4.98 Å². The molecule has 0 radical (unpaired) electrons. The molecule has 1 atom stereocenters. The molecule has 1 aromatic heterocycles. The molecule has 1 aromatic carbocycles. The Morgan fingerprint density at radius 1 is 1.42 bits per heavy atom. The normalized spacial score (nSPS) is 14.3. The monoisotopic (exact) mass is 379 g/mol. The molecule has 1 unspecified atom stereocenters. The van der Waals surface area contributed by atoms with Crippen molar-refractivity contribution in [1.29, 1.82) is 0 Å². The minimum Gasteiger partial charge on any atom is -0.373 e. The molecule has 0 saturated carbocycles. The molecule has 10 heteroatoms. The van der Waals surface area contributed by atoms with Crippen LogP contribution >= 0.6 is 23.4 Å². The maximum absolute atomic E-state index is 12.6. The van der Waals surface area contributed by atoms with Crippen LogP contribution < -0.4 is 5.32 Å². The molecule has 1 amide bonds. The highest BCUT2D eigenvalue weighted by Crippen LogP contribution is 2.34. The molecule has 2 rings (SSSR count). The van der Waals surface area contributed by atoms with Gasteiger partial charge in [-0.3, -0.25) is 4.79 Å². The van der Waals surface area contributed by atoms with Crippen molar-refractivity contribution in [2.45, 2.75) is 28.8 Å². The first-order valence-corrected chi connectivity index (χ1v) is 7.77. The van der Waals surface area contributed by atoms with Crippen molar-refractivity contribution < 1.29 is 23.1 Å². The van der Waals surface area contributed by atoms with Crippen LogP contribution in [0.15, 0.2) is 40.6 Å². The predicted molar refractivity (Wildman–Crippen MR) is 84.1 cm³/mol. The summed E-state index contributed by atoms with van der Waals surface area (Å²) in [5, 5.41) is 12.1. The van der Waals surface area contributed by atoms with Crippen molar-refractivity contribution in [3.63, 3.8) is 0 Å². The van der Waals surface area contributed by atoms with Crippen LogP contribution in [-0.4, -0.2) is 32.3 Å². The molecule has 0 saturated heterocycles. The summed E-state index contributed by atoms with van der Waals surface area (Å²) < 4.78 is 39.7. The molecule has 0 aliphatic carbocycles. The largest absolute Gasteiger partial charge is 0.426 e. The van der Waals surface area contributed by atoms with Crippen LogP contribution in [0.3, 0.4) is 0 Å². The summed E-state index contributed by atoms with van der Waals surface area (Å²) in [4.78, 5) is 16.5. The number of benzene rings is 1. The van der Waals surface area contributed by atoms with E-state index in [2.05, 4.69) is 4.98 Å². The molecule has 0 aliphatic heterocycles. The van der Waals surface area contributed by atoms with E-state index >= 15 is 0 Å². The molecule has 130 valence electrons. The Labute approximate surface area is 144 Å². The third-order valence-electron chi connectivity index (χ3n) is 3.17. The fourth-order valence-electron chi connectivity index (χ4n) is 1.59. The van der Waals surface area contributed by atoms with Gasteiger partial charge < -0.3 is 15.0 Å². The quantitative estimate of drug-likeness (QED) is 0.853. The summed E-state index contributed by atoms with van der Waals surface area (Å²) in [6.07, 6.45) is -1.72. The average molecular weight is 380 g/mol. The number of aromatic nitrogens is 2. The lowest BCUT2D eigenvalue weighted by Gasteiger charge is -2.25. The number of aryl methyl sites for hydroxylation is 1. The molecule has 0 spiro atoms. The smallest absolute Gasteiger partial charge is 0.373 e. The highest BCUT2D eigenvalue weighted by atomic mass is 35.5. The molecule has 1 heterocycles. The average Bonchev–Trinajstić information content (AvgIpc) is 2.86. The lowest BCUT2D eigenvalue weighted by Crippen LogP contribution is -2.52. The molecule has 2 N–H and O–H groups in total. The molecule has 24 heavy (non-hydrogen) atoms. The molecule has 0 fully saturated rings. The zero-order chi connectivity index (χ0) is 18.1. The van der Waals surface area contributed by atoms with Gasteiger partial charge in [-0.05, 0) is 25.1 Å². The fraction of sp³-hybridized carbons (Fsp3) is 0.286. The minimum atomic E-state index is -5.10. The van der Waals surface area contributed by atoms with E-state index in [1.807, 2.05) is 12.4 Å². The van der Waals surface area contributed by atoms with Gasteiger partial charge in [-0.1, -0.05) is 23.4 Å². The highest BCUT2D eigenvalue weighted by molar-refractivity contribution is 7.99. The van der Waals surface area contributed by atoms with Gasteiger partial charge in [0.2, 0.25) is 5.60 Å². The first-order valence-electron chi connectivity index (χ1n) is 6.57. The molecule has 0 bridgehead atoms. The number of hydrogen-bond donors (Lipinski definition) is 2. The van der Waals surface area contributed by atoms with E-state index in [4.69, 9.17) is 11.6 Å². The highest BCUT2D eigenvalue weighted by Gasteiger charge is 2.55. The Hall–Kier alpha value is -1.71. The number of hydrogen-bond acceptors (Lipinski definition) is 4. The van der Waals surface area contributed by atoms with Crippen molar-refractivity contribution in [3.05, 3.63) is 35.6 Å². The zero-order valence-corrected chi connectivity index (χ0v) is 14.1. The van der Waals surface area contributed by atoms with Crippen molar-refractivity contribution in [2.24, 2.45) is 7.05 Å². The predicted octanol–water partition coefficient (Wildman–Crippen LogP) is 3.48. The fourth-order valence-corrected chi connectivity index (χ4v) is 2.72. The van der Waals surface area contributed by atoms with E-state index in [-0.39, 0.29) is 10.7 Å². The third-order valence-corrected chi connectivity index (χ3v) is 4.55. The summed E-state index contributed by atoms with van der Waals surface area (Å²) >= 11 is 7.30. The van der Waals surface area contributed by atoms with Crippen molar-refractivity contribution in [2.75, 3.05) is 5.32 Å². The maximum atomic E-state index is 12.6. The van der Waals surface area contributed by atoms with E-state index in [0.29, 0.717) is 17.0 Å². The Bertz CT molecular complexity index is 762. The zero-order valence-electron chi connectivity index (χ0n) is 12.6. The van der Waals surface area contributed by atoms with E-state index in [1.54, 1.807) is 23.0 Å². The number of halogens is 4. The third kappa shape index (κ3) is 3.85. The Morgan fingerprint density at radius 3 is 2.58 bits per heavy atom. The van der Waals surface area contributed by atoms with Gasteiger partial charge in [0.15, 0.2) is 5.16 Å². The van der Waals surface area contributed by atoms with Gasteiger partial charge in [0.25, 0.3) is 5.91 Å². The molecule has 0 aliphatic rings. The number of imidazole rings is 1. The number of carbonyl (C=O) groups is 1. The standard InChI is InChI=1S/C14H13ClF3N3O2S/c1-13(23,14(16,17)18)11(22)20-10-4-3-8(7-9(10)15)24-12-19-5-6-21(12)2/h3-7,23H,1-2H3,(H,20,22). The summed E-state index contributed by atoms with van der Waals surface area (Å²) in [6.45, 7) is 0.377. The second-order valence-electron chi connectivity index (χ2n) is 5.09. The van der Waals surface area contributed by atoms with Crippen LogP contribution in [0.4, 0.5) is 18.9 Å². The number of amides is 1. The summed E-state index contributed by atoms with van der Waals surface area (Å²) in [6, 6.07) is 4.42. The van der Waals surface area contributed by atoms with Crippen LogP contribution in [0, 0.1) is 0 Å². The van der Waals surface area contributed by atoms with Crippen LogP contribution in [0.25, 0.3) is 0 Å². The summed E-state index contributed by atoms with van der Waals surface area (Å²) in [7, 11) is 1.81. The second kappa shape index (κ2) is 6.66. The lowest BCUT2D eigenvalue weighted by molar-refractivity contribution is -0.242. The number of nitrogens with one attached hydrogen (secondary N) is 1. The number of rotatable bonds is 4. The Balaban J connectivity index is 2.16. The Kier molecular flexibility index (Phi) is 5.17. The van der Waals surface area contributed by atoms with Gasteiger partial charge >= 0.3 is 6.18 Å². The van der Waals surface area contributed by atoms with E-state index in [9.17, 15) is 23.1 Å². The summed E-state index contributed by atoms with van der Waals surface area (Å²) in [5.41, 5.74) is -3.55. The summed E-state index contributed by atoms with van der Waals surface area (Å²) in [5.74, 6) is -1.61. The first-order chi connectivity index (χ1) is 11.0. The molecular formula is C14H13ClF3N3O2S. The Morgan fingerprint density at radius 2 is 2.08 bits per heavy atom. The van der Waals surface area contributed by atoms with Crippen LogP contribution in [0.2, 0.25) is 5.02 Å². The topological polar surface area (TPSA) is 67.2 Å². The number of nitrogens with zero attached hydrogens (tertiary/aromatic N) is 2. The van der Waals surface area contributed by atoms with Crippen LogP contribution in [0.5, 0.6) is 0 Å². The minimum absolute atomic E-state index is 0.0321. The van der Waals surface area contributed by atoms with Crippen molar-refractivity contribution in [3.8, 4) is 0 Å². The number of carbonyl (C=O) groups excluding carboxylic acids is 1. The molecule has 5 nitrogen and oxygen atoms in total. The van der Waals surface area contributed by atoms with Gasteiger partial charge in [-0.15, -0.1) is 0 Å². The second-order valence-corrected chi connectivity index (χ2v) is 6.54. The number of aliphatic hydroxyl groups is 1.